The van der Waals surface area contributed by atoms with Gasteiger partial charge >= 0.3 is 0 Å². The van der Waals surface area contributed by atoms with Gasteiger partial charge in [-0.05, 0) is 50.6 Å². The number of hydrogen-bond donors (Lipinski definition) is 1. The lowest BCUT2D eigenvalue weighted by molar-refractivity contribution is -0.120. The summed E-state index contributed by atoms with van der Waals surface area (Å²) in [7, 11) is 0. The summed E-state index contributed by atoms with van der Waals surface area (Å²) in [6.45, 7) is 4.80. The molecule has 0 bridgehead atoms. The Labute approximate surface area is 127 Å². The minimum absolute atomic E-state index is 0.0121. The Balaban J connectivity index is 2.39. The van der Waals surface area contributed by atoms with Gasteiger partial charge in [0.05, 0.1) is 12.5 Å². The van der Waals surface area contributed by atoms with Crippen molar-refractivity contribution < 1.29 is 4.79 Å². The number of anilines is 1. The van der Waals surface area contributed by atoms with E-state index in [1.807, 2.05) is 30.0 Å². The molecule has 0 saturated carbocycles. The van der Waals surface area contributed by atoms with E-state index in [0.717, 1.165) is 28.7 Å². The SMILES string of the molecule is Cc1cc(Br)ccc1N1C(=O)C(CC#N)NCCC1C. The predicted octanol–water partition coefficient (Wildman–Crippen LogP) is 2.75. The van der Waals surface area contributed by atoms with Gasteiger partial charge in [0.15, 0.2) is 0 Å². The second-order valence-electron chi connectivity index (χ2n) is 5.15. The van der Waals surface area contributed by atoms with Crippen LogP contribution in [0.25, 0.3) is 0 Å². The van der Waals surface area contributed by atoms with Crippen LogP contribution in [0.2, 0.25) is 0 Å². The lowest BCUT2D eigenvalue weighted by Crippen LogP contribution is -2.46. The highest BCUT2D eigenvalue weighted by Crippen LogP contribution is 2.28. The first-order valence-corrected chi connectivity index (χ1v) is 7.53. The maximum Gasteiger partial charge on any atom is 0.245 e. The molecule has 1 fully saturated rings. The van der Waals surface area contributed by atoms with Crippen molar-refractivity contribution in [3.63, 3.8) is 0 Å². The maximum absolute atomic E-state index is 12.7. The molecule has 1 aliphatic rings. The summed E-state index contributed by atoms with van der Waals surface area (Å²) in [5, 5.41) is 12.0. The Morgan fingerprint density at radius 3 is 2.95 bits per heavy atom. The van der Waals surface area contributed by atoms with E-state index in [2.05, 4.69) is 34.2 Å². The molecule has 1 N–H and O–H groups in total. The Hall–Kier alpha value is -1.38. The molecule has 1 aliphatic heterocycles. The number of nitrogens with zero attached hydrogens (tertiary/aromatic N) is 2. The van der Waals surface area contributed by atoms with Crippen molar-refractivity contribution in [2.45, 2.75) is 38.8 Å². The number of rotatable bonds is 2. The fourth-order valence-electron chi connectivity index (χ4n) is 2.56. The Kier molecular flexibility index (Phi) is 4.79. The number of nitrogens with one attached hydrogen (secondary N) is 1. The largest absolute Gasteiger partial charge is 0.308 e. The van der Waals surface area contributed by atoms with Crippen LogP contribution in [0.5, 0.6) is 0 Å². The minimum Gasteiger partial charge on any atom is -0.308 e. The van der Waals surface area contributed by atoms with E-state index in [4.69, 9.17) is 5.26 Å². The summed E-state index contributed by atoms with van der Waals surface area (Å²) in [4.78, 5) is 14.5. The monoisotopic (exact) mass is 335 g/mol. The second-order valence-corrected chi connectivity index (χ2v) is 6.06. The van der Waals surface area contributed by atoms with Gasteiger partial charge in [-0.25, -0.2) is 0 Å². The Morgan fingerprint density at radius 1 is 1.55 bits per heavy atom. The van der Waals surface area contributed by atoms with Crippen molar-refractivity contribution in [1.29, 1.82) is 5.26 Å². The van der Waals surface area contributed by atoms with Gasteiger partial charge in [-0.2, -0.15) is 5.26 Å². The second kappa shape index (κ2) is 6.38. The van der Waals surface area contributed by atoms with Crippen LogP contribution in [0.4, 0.5) is 5.69 Å². The molecule has 106 valence electrons. The molecule has 0 aromatic heterocycles. The molecule has 1 saturated heterocycles. The van der Waals surface area contributed by atoms with E-state index in [9.17, 15) is 4.79 Å². The van der Waals surface area contributed by atoms with Crippen LogP contribution in [0, 0.1) is 18.3 Å². The molecule has 0 radical (unpaired) electrons. The van der Waals surface area contributed by atoms with Crippen LogP contribution in [0.15, 0.2) is 22.7 Å². The van der Waals surface area contributed by atoms with Gasteiger partial charge in [0, 0.05) is 16.2 Å². The lowest BCUT2D eigenvalue weighted by Gasteiger charge is -2.30. The quantitative estimate of drug-likeness (QED) is 0.904. The van der Waals surface area contributed by atoms with E-state index in [1.54, 1.807) is 0 Å². The highest BCUT2D eigenvalue weighted by Gasteiger charge is 2.32. The summed E-state index contributed by atoms with van der Waals surface area (Å²) in [6.07, 6.45) is 1.08. The highest BCUT2D eigenvalue weighted by atomic mass is 79.9. The van der Waals surface area contributed by atoms with Crippen LogP contribution in [-0.2, 0) is 4.79 Å². The molecule has 1 aromatic rings. The molecule has 1 heterocycles. The molecule has 20 heavy (non-hydrogen) atoms. The summed E-state index contributed by atoms with van der Waals surface area (Å²) in [5.41, 5.74) is 1.98. The smallest absolute Gasteiger partial charge is 0.245 e. The fraction of sp³-hybridized carbons (Fsp3) is 0.467. The first-order valence-electron chi connectivity index (χ1n) is 6.74. The van der Waals surface area contributed by atoms with Gasteiger partial charge < -0.3 is 10.2 Å². The van der Waals surface area contributed by atoms with Gasteiger partial charge in [0.1, 0.15) is 6.04 Å². The van der Waals surface area contributed by atoms with Gasteiger partial charge in [-0.1, -0.05) is 15.9 Å². The van der Waals surface area contributed by atoms with Gasteiger partial charge in [-0.3, -0.25) is 4.79 Å². The van der Waals surface area contributed by atoms with E-state index >= 15 is 0 Å². The molecular formula is C15H18BrN3O. The molecular weight excluding hydrogens is 318 g/mol. The summed E-state index contributed by atoms with van der Waals surface area (Å²) in [6, 6.07) is 7.72. The summed E-state index contributed by atoms with van der Waals surface area (Å²) < 4.78 is 1.00. The normalized spacial score (nSPS) is 23.3. The van der Waals surface area contributed by atoms with Crippen molar-refractivity contribution in [2.24, 2.45) is 0 Å². The molecule has 1 amide bonds. The van der Waals surface area contributed by atoms with Gasteiger partial charge in [-0.15, -0.1) is 0 Å². The zero-order chi connectivity index (χ0) is 14.7. The van der Waals surface area contributed by atoms with Crippen LogP contribution in [0.1, 0.15) is 25.3 Å². The number of halogens is 1. The van der Waals surface area contributed by atoms with Crippen LogP contribution in [-0.4, -0.2) is 24.5 Å². The number of nitriles is 1. The fourth-order valence-corrected chi connectivity index (χ4v) is 3.04. The molecule has 2 atom stereocenters. The van der Waals surface area contributed by atoms with Crippen molar-refractivity contribution in [1.82, 2.24) is 5.32 Å². The van der Waals surface area contributed by atoms with Crippen LogP contribution >= 0.6 is 15.9 Å². The predicted molar refractivity (Wildman–Crippen MR) is 82.5 cm³/mol. The zero-order valence-corrected chi connectivity index (χ0v) is 13.3. The molecule has 0 aliphatic carbocycles. The third kappa shape index (κ3) is 3.02. The number of hydrogen-bond acceptors (Lipinski definition) is 3. The number of amides is 1. The molecule has 0 spiro atoms. The van der Waals surface area contributed by atoms with Crippen molar-refractivity contribution in [3.8, 4) is 6.07 Å². The number of aryl methyl sites for hydroxylation is 1. The Morgan fingerprint density at radius 2 is 2.30 bits per heavy atom. The Bertz CT molecular complexity index is 553. The topological polar surface area (TPSA) is 56.1 Å². The zero-order valence-electron chi connectivity index (χ0n) is 11.7. The van der Waals surface area contributed by atoms with Crippen LogP contribution < -0.4 is 10.2 Å². The minimum atomic E-state index is -0.409. The molecule has 5 heteroatoms. The average Bonchev–Trinajstić information content (AvgIpc) is 2.52. The van der Waals surface area contributed by atoms with Gasteiger partial charge in [0.25, 0.3) is 0 Å². The summed E-state index contributed by atoms with van der Waals surface area (Å²) >= 11 is 3.44. The third-order valence-electron chi connectivity index (χ3n) is 3.64. The van der Waals surface area contributed by atoms with Crippen molar-refractivity contribution in [2.75, 3.05) is 11.4 Å². The van der Waals surface area contributed by atoms with E-state index in [1.165, 1.54) is 0 Å². The van der Waals surface area contributed by atoms with Crippen LogP contribution in [0.3, 0.4) is 0 Å². The molecule has 1 aromatic carbocycles. The van der Waals surface area contributed by atoms with E-state index in [-0.39, 0.29) is 18.4 Å². The number of carbonyl (C=O) groups excluding carboxylic acids is 1. The average molecular weight is 336 g/mol. The van der Waals surface area contributed by atoms with E-state index in [0.29, 0.717) is 0 Å². The van der Waals surface area contributed by atoms with Gasteiger partial charge in [0.2, 0.25) is 5.91 Å². The van der Waals surface area contributed by atoms with Crippen molar-refractivity contribution >= 4 is 27.5 Å². The standard InChI is InChI=1S/C15H18BrN3O/c1-10-9-12(16)3-4-14(10)19-11(2)6-8-18-13(5-7-17)15(19)20/h3-4,9,11,13,18H,5-6,8H2,1-2H3. The highest BCUT2D eigenvalue weighted by molar-refractivity contribution is 9.10. The maximum atomic E-state index is 12.7. The number of benzene rings is 1. The third-order valence-corrected chi connectivity index (χ3v) is 4.14. The first kappa shape index (κ1) is 15.0. The lowest BCUT2D eigenvalue weighted by atomic mass is 10.1. The molecule has 2 rings (SSSR count). The first-order chi connectivity index (χ1) is 9.54. The molecule has 4 nitrogen and oxygen atoms in total. The number of carbonyl (C=O) groups is 1. The van der Waals surface area contributed by atoms with E-state index < -0.39 is 6.04 Å². The molecule has 2 unspecified atom stereocenters. The summed E-state index contributed by atoms with van der Waals surface area (Å²) in [5.74, 6) is -0.0121. The van der Waals surface area contributed by atoms with Crippen molar-refractivity contribution in [3.05, 3.63) is 28.2 Å².